The molecule has 1 fully saturated rings. The first-order valence-electron chi connectivity index (χ1n) is 5.07. The van der Waals surface area contributed by atoms with E-state index in [4.69, 9.17) is 9.47 Å². The summed E-state index contributed by atoms with van der Waals surface area (Å²) in [6.45, 7) is 4.30. The molecule has 0 amide bonds. The topological polar surface area (TPSA) is 38.8 Å². The molecule has 1 aromatic rings. The van der Waals surface area contributed by atoms with Gasteiger partial charge in [-0.3, -0.25) is 4.79 Å². The second-order valence-electron chi connectivity index (χ2n) is 4.22. The lowest BCUT2D eigenvalue weighted by Crippen LogP contribution is -2.18. The molecule has 0 bridgehead atoms. The molecule has 4 heteroatoms. The molecule has 86 valence electrons. The molecular formula is C12H13FO3. The molecule has 0 aromatic heterocycles. The van der Waals surface area contributed by atoms with Crippen molar-refractivity contribution in [1.29, 1.82) is 0 Å². The van der Waals surface area contributed by atoms with Gasteiger partial charge in [-0.1, -0.05) is 0 Å². The molecule has 1 unspecified atom stereocenters. The third-order valence-corrected chi connectivity index (χ3v) is 2.49. The summed E-state index contributed by atoms with van der Waals surface area (Å²) in [7, 11) is 0. The number of hydrogen-bond donors (Lipinski definition) is 0. The Hall–Kier alpha value is -1.42. The molecule has 0 aliphatic carbocycles. The molecule has 1 heterocycles. The number of ether oxygens (including phenoxy) is 2. The van der Waals surface area contributed by atoms with Gasteiger partial charge in [-0.25, -0.2) is 4.39 Å². The van der Waals surface area contributed by atoms with Gasteiger partial charge in [-0.2, -0.15) is 0 Å². The predicted octanol–water partition coefficient (Wildman–Crippen LogP) is 2.20. The summed E-state index contributed by atoms with van der Waals surface area (Å²) in [5.41, 5.74) is 0.117. The SMILES string of the molecule is CC(=O)c1ccc(F)cc1OCC1(C)CO1. The van der Waals surface area contributed by atoms with Crippen molar-refractivity contribution >= 4 is 5.78 Å². The first-order valence-corrected chi connectivity index (χ1v) is 5.07. The van der Waals surface area contributed by atoms with E-state index in [1.54, 1.807) is 0 Å². The Bertz CT molecular complexity index is 424. The lowest BCUT2D eigenvalue weighted by Gasteiger charge is -2.11. The summed E-state index contributed by atoms with van der Waals surface area (Å²) in [6, 6.07) is 3.91. The molecule has 0 radical (unpaired) electrons. The van der Waals surface area contributed by atoms with Crippen molar-refractivity contribution in [2.45, 2.75) is 19.4 Å². The van der Waals surface area contributed by atoms with E-state index in [2.05, 4.69) is 0 Å². The fraction of sp³-hybridized carbons (Fsp3) is 0.417. The number of Topliss-reactive ketones (excluding diaryl/α,β-unsaturated/α-hetero) is 1. The van der Waals surface area contributed by atoms with Crippen LogP contribution in [0.15, 0.2) is 18.2 Å². The number of carbonyl (C=O) groups is 1. The second-order valence-corrected chi connectivity index (χ2v) is 4.22. The van der Waals surface area contributed by atoms with E-state index < -0.39 is 5.82 Å². The smallest absolute Gasteiger partial charge is 0.163 e. The van der Waals surface area contributed by atoms with Crippen molar-refractivity contribution < 1.29 is 18.7 Å². The first kappa shape index (κ1) is 11.1. The Morgan fingerprint density at radius 2 is 2.31 bits per heavy atom. The first-order chi connectivity index (χ1) is 7.50. The zero-order chi connectivity index (χ0) is 11.8. The zero-order valence-corrected chi connectivity index (χ0v) is 9.25. The number of carbonyl (C=O) groups excluding carboxylic acids is 1. The van der Waals surface area contributed by atoms with Crippen LogP contribution in [0.25, 0.3) is 0 Å². The summed E-state index contributed by atoms with van der Waals surface area (Å²) < 4.78 is 23.6. The highest BCUT2D eigenvalue weighted by molar-refractivity contribution is 5.96. The average molecular weight is 224 g/mol. The van der Waals surface area contributed by atoms with E-state index in [0.29, 0.717) is 18.8 Å². The van der Waals surface area contributed by atoms with Gasteiger partial charge < -0.3 is 9.47 Å². The van der Waals surface area contributed by atoms with Crippen LogP contribution in [0.3, 0.4) is 0 Å². The quantitative estimate of drug-likeness (QED) is 0.581. The Kier molecular flexibility index (Phi) is 2.68. The van der Waals surface area contributed by atoms with Crippen LogP contribution < -0.4 is 4.74 Å². The van der Waals surface area contributed by atoms with E-state index in [1.165, 1.54) is 25.1 Å². The van der Waals surface area contributed by atoms with Crippen LogP contribution in [-0.2, 0) is 4.74 Å². The van der Waals surface area contributed by atoms with Gasteiger partial charge in [0, 0.05) is 6.07 Å². The molecule has 0 spiro atoms. The third kappa shape index (κ3) is 2.39. The number of halogens is 1. The molecule has 16 heavy (non-hydrogen) atoms. The Morgan fingerprint density at radius 1 is 1.62 bits per heavy atom. The fourth-order valence-corrected chi connectivity index (χ4v) is 1.34. The van der Waals surface area contributed by atoms with Crippen molar-refractivity contribution in [3.63, 3.8) is 0 Å². The minimum atomic E-state index is -0.415. The minimum absolute atomic E-state index is 0.142. The zero-order valence-electron chi connectivity index (χ0n) is 9.25. The van der Waals surface area contributed by atoms with Crippen molar-refractivity contribution in [3.05, 3.63) is 29.6 Å². The highest BCUT2D eigenvalue weighted by Gasteiger charge is 2.40. The molecule has 1 atom stereocenters. The number of rotatable bonds is 4. The molecule has 1 aliphatic rings. The van der Waals surface area contributed by atoms with E-state index >= 15 is 0 Å². The van der Waals surface area contributed by atoms with Crippen LogP contribution in [0.2, 0.25) is 0 Å². The van der Waals surface area contributed by atoms with Crippen molar-refractivity contribution in [3.8, 4) is 5.75 Å². The van der Waals surface area contributed by atoms with Gasteiger partial charge in [-0.05, 0) is 26.0 Å². The monoisotopic (exact) mass is 224 g/mol. The van der Waals surface area contributed by atoms with Crippen molar-refractivity contribution in [2.24, 2.45) is 0 Å². The summed E-state index contributed by atoms with van der Waals surface area (Å²) >= 11 is 0. The molecule has 1 aliphatic heterocycles. The Morgan fingerprint density at radius 3 is 2.88 bits per heavy atom. The van der Waals surface area contributed by atoms with Crippen LogP contribution >= 0.6 is 0 Å². The van der Waals surface area contributed by atoms with Gasteiger partial charge in [0.2, 0.25) is 0 Å². The predicted molar refractivity (Wildman–Crippen MR) is 56.3 cm³/mol. The van der Waals surface area contributed by atoms with Gasteiger partial charge in [0.25, 0.3) is 0 Å². The maximum Gasteiger partial charge on any atom is 0.163 e. The van der Waals surface area contributed by atoms with Gasteiger partial charge in [-0.15, -0.1) is 0 Å². The Balaban J connectivity index is 2.16. The molecule has 2 rings (SSSR count). The largest absolute Gasteiger partial charge is 0.490 e. The third-order valence-electron chi connectivity index (χ3n) is 2.49. The lowest BCUT2D eigenvalue weighted by molar-refractivity contribution is 0.101. The highest BCUT2D eigenvalue weighted by atomic mass is 19.1. The van der Waals surface area contributed by atoms with Gasteiger partial charge >= 0.3 is 0 Å². The standard InChI is InChI=1S/C12H13FO3/c1-8(14)10-4-3-9(13)5-11(10)15-6-12(2)7-16-12/h3-5H,6-7H2,1-2H3. The van der Waals surface area contributed by atoms with E-state index in [9.17, 15) is 9.18 Å². The van der Waals surface area contributed by atoms with Gasteiger partial charge in [0.1, 0.15) is 23.8 Å². The minimum Gasteiger partial charge on any atom is -0.490 e. The van der Waals surface area contributed by atoms with Crippen molar-refractivity contribution in [2.75, 3.05) is 13.2 Å². The fourth-order valence-electron chi connectivity index (χ4n) is 1.34. The number of ketones is 1. The number of epoxide rings is 1. The molecule has 1 saturated heterocycles. The van der Waals surface area contributed by atoms with Crippen LogP contribution in [-0.4, -0.2) is 24.6 Å². The van der Waals surface area contributed by atoms with Crippen LogP contribution in [0, 0.1) is 5.82 Å². The summed E-state index contributed by atoms with van der Waals surface area (Å²) in [5.74, 6) is -0.275. The molecule has 3 nitrogen and oxygen atoms in total. The highest BCUT2D eigenvalue weighted by Crippen LogP contribution is 2.28. The van der Waals surface area contributed by atoms with Crippen LogP contribution in [0.5, 0.6) is 5.75 Å². The summed E-state index contributed by atoms with van der Waals surface area (Å²) in [4.78, 5) is 11.3. The normalized spacial score (nSPS) is 22.9. The maximum absolute atomic E-state index is 13.0. The molecule has 1 aromatic carbocycles. The van der Waals surface area contributed by atoms with E-state index in [1.807, 2.05) is 6.92 Å². The second kappa shape index (κ2) is 3.87. The number of hydrogen-bond acceptors (Lipinski definition) is 3. The van der Waals surface area contributed by atoms with Crippen LogP contribution in [0.1, 0.15) is 24.2 Å². The summed E-state index contributed by atoms with van der Waals surface area (Å²) in [6.07, 6.45) is 0. The molecular weight excluding hydrogens is 211 g/mol. The van der Waals surface area contributed by atoms with Gasteiger partial charge in [0.05, 0.1) is 12.2 Å². The average Bonchev–Trinajstić information content (AvgIpc) is 2.94. The van der Waals surface area contributed by atoms with E-state index in [-0.39, 0.29) is 17.1 Å². The van der Waals surface area contributed by atoms with Gasteiger partial charge in [0.15, 0.2) is 5.78 Å². The molecule has 0 N–H and O–H groups in total. The number of benzene rings is 1. The lowest BCUT2D eigenvalue weighted by atomic mass is 10.1. The van der Waals surface area contributed by atoms with Crippen molar-refractivity contribution in [1.82, 2.24) is 0 Å². The maximum atomic E-state index is 13.0. The van der Waals surface area contributed by atoms with E-state index in [0.717, 1.165) is 0 Å². The summed E-state index contributed by atoms with van der Waals surface area (Å²) in [5, 5.41) is 0. The van der Waals surface area contributed by atoms with Crippen LogP contribution in [0.4, 0.5) is 4.39 Å². The molecule has 0 saturated carbocycles. The Labute approximate surface area is 93.2 Å².